The van der Waals surface area contributed by atoms with E-state index in [2.05, 4.69) is 10.6 Å². The number of hydrogen-bond donors (Lipinski definition) is 2. The first-order valence-electron chi connectivity index (χ1n) is 8.58. The SMILES string of the molecule is Cc1ccc(NC(=O)c2ccc(C(=O)Nc3ccc(C)c(Cl)c3)cc2)cc1Cl. The number of halogens is 2. The molecule has 2 amide bonds. The summed E-state index contributed by atoms with van der Waals surface area (Å²) in [5.74, 6) is -0.561. The molecule has 0 saturated carbocycles. The van der Waals surface area contributed by atoms with E-state index in [0.717, 1.165) is 11.1 Å². The highest BCUT2D eigenvalue weighted by molar-refractivity contribution is 6.32. The number of hydrogen-bond acceptors (Lipinski definition) is 2. The van der Waals surface area contributed by atoms with Gasteiger partial charge in [-0.15, -0.1) is 0 Å². The van der Waals surface area contributed by atoms with Gasteiger partial charge < -0.3 is 10.6 Å². The monoisotopic (exact) mass is 412 g/mol. The molecular formula is C22H18Cl2N2O2. The molecule has 0 bridgehead atoms. The molecule has 0 aliphatic rings. The van der Waals surface area contributed by atoms with E-state index >= 15 is 0 Å². The minimum Gasteiger partial charge on any atom is -0.322 e. The van der Waals surface area contributed by atoms with Crippen LogP contribution in [0.2, 0.25) is 10.0 Å². The Morgan fingerprint density at radius 3 is 1.32 bits per heavy atom. The fourth-order valence-corrected chi connectivity index (χ4v) is 2.88. The summed E-state index contributed by atoms with van der Waals surface area (Å²) in [6.45, 7) is 3.78. The lowest BCUT2D eigenvalue weighted by molar-refractivity contribution is 0.101. The summed E-state index contributed by atoms with van der Waals surface area (Å²) in [5, 5.41) is 6.74. The lowest BCUT2D eigenvalue weighted by atomic mass is 10.1. The highest BCUT2D eigenvalue weighted by Gasteiger charge is 2.11. The predicted octanol–water partition coefficient (Wildman–Crippen LogP) is 6.11. The number of aryl methyl sites for hydroxylation is 2. The molecule has 0 aliphatic carbocycles. The molecule has 0 saturated heterocycles. The Bertz CT molecular complexity index is 962. The lowest BCUT2D eigenvalue weighted by Gasteiger charge is -2.09. The van der Waals surface area contributed by atoms with E-state index in [9.17, 15) is 9.59 Å². The highest BCUT2D eigenvalue weighted by atomic mass is 35.5. The van der Waals surface area contributed by atoms with Gasteiger partial charge in [0.2, 0.25) is 0 Å². The molecule has 6 heteroatoms. The van der Waals surface area contributed by atoms with Gasteiger partial charge in [0.25, 0.3) is 11.8 Å². The van der Waals surface area contributed by atoms with E-state index in [0.29, 0.717) is 32.5 Å². The molecule has 3 aromatic carbocycles. The van der Waals surface area contributed by atoms with E-state index in [4.69, 9.17) is 23.2 Å². The Labute approximate surface area is 173 Å². The zero-order valence-corrected chi connectivity index (χ0v) is 16.9. The number of carbonyl (C=O) groups is 2. The van der Waals surface area contributed by atoms with Crippen molar-refractivity contribution in [1.29, 1.82) is 0 Å². The molecule has 142 valence electrons. The first-order chi connectivity index (χ1) is 13.3. The summed E-state index contributed by atoms with van der Waals surface area (Å²) in [4.78, 5) is 24.8. The summed E-state index contributed by atoms with van der Waals surface area (Å²) in [6.07, 6.45) is 0. The van der Waals surface area contributed by atoms with Crippen molar-refractivity contribution in [2.24, 2.45) is 0 Å². The quantitative estimate of drug-likeness (QED) is 0.542. The van der Waals surface area contributed by atoms with Gasteiger partial charge in [-0.25, -0.2) is 0 Å². The molecule has 0 aliphatic heterocycles. The maximum Gasteiger partial charge on any atom is 0.255 e. The summed E-state index contributed by atoms with van der Waals surface area (Å²) >= 11 is 12.2. The van der Waals surface area contributed by atoms with E-state index < -0.39 is 0 Å². The Hall–Kier alpha value is -2.82. The second-order valence-corrected chi connectivity index (χ2v) is 7.23. The minimum absolute atomic E-state index is 0.280. The van der Waals surface area contributed by atoms with Crippen LogP contribution in [0.1, 0.15) is 31.8 Å². The van der Waals surface area contributed by atoms with Crippen molar-refractivity contribution < 1.29 is 9.59 Å². The largest absolute Gasteiger partial charge is 0.322 e. The Morgan fingerprint density at radius 2 is 1.00 bits per heavy atom. The fraction of sp³-hybridized carbons (Fsp3) is 0.0909. The third-order valence-corrected chi connectivity index (χ3v) is 5.08. The van der Waals surface area contributed by atoms with Crippen LogP contribution in [0.4, 0.5) is 11.4 Å². The molecule has 0 aromatic heterocycles. The second kappa shape index (κ2) is 8.46. The molecule has 0 fully saturated rings. The second-order valence-electron chi connectivity index (χ2n) is 6.41. The highest BCUT2D eigenvalue weighted by Crippen LogP contribution is 2.22. The van der Waals surface area contributed by atoms with Gasteiger partial charge in [-0.1, -0.05) is 35.3 Å². The third kappa shape index (κ3) is 4.71. The third-order valence-electron chi connectivity index (χ3n) is 4.27. The average Bonchev–Trinajstić information content (AvgIpc) is 2.67. The zero-order chi connectivity index (χ0) is 20.3. The van der Waals surface area contributed by atoms with Crippen LogP contribution in [-0.4, -0.2) is 11.8 Å². The average molecular weight is 413 g/mol. The number of carbonyl (C=O) groups excluding carboxylic acids is 2. The van der Waals surface area contributed by atoms with Gasteiger partial charge in [-0.05, 0) is 73.5 Å². The Morgan fingerprint density at radius 1 is 0.643 bits per heavy atom. The van der Waals surface area contributed by atoms with Crippen LogP contribution in [0, 0.1) is 13.8 Å². The van der Waals surface area contributed by atoms with Gasteiger partial charge in [-0.2, -0.15) is 0 Å². The zero-order valence-electron chi connectivity index (χ0n) is 15.3. The normalized spacial score (nSPS) is 10.4. The molecule has 3 aromatic rings. The molecular weight excluding hydrogens is 395 g/mol. The minimum atomic E-state index is -0.280. The summed E-state index contributed by atoms with van der Waals surface area (Å²) in [5.41, 5.74) is 3.96. The summed E-state index contributed by atoms with van der Waals surface area (Å²) < 4.78 is 0. The topological polar surface area (TPSA) is 58.2 Å². The van der Waals surface area contributed by atoms with Gasteiger partial charge >= 0.3 is 0 Å². The van der Waals surface area contributed by atoms with E-state index in [1.54, 1.807) is 48.5 Å². The van der Waals surface area contributed by atoms with Crippen LogP contribution in [0.5, 0.6) is 0 Å². The maximum atomic E-state index is 12.4. The van der Waals surface area contributed by atoms with E-state index in [-0.39, 0.29) is 11.8 Å². The molecule has 0 atom stereocenters. The van der Waals surface area contributed by atoms with Gasteiger partial charge in [0.15, 0.2) is 0 Å². The van der Waals surface area contributed by atoms with Gasteiger partial charge in [0.1, 0.15) is 0 Å². The number of benzene rings is 3. The number of anilines is 2. The molecule has 4 nitrogen and oxygen atoms in total. The number of amides is 2. The fourth-order valence-electron chi connectivity index (χ4n) is 2.52. The molecule has 28 heavy (non-hydrogen) atoms. The first-order valence-corrected chi connectivity index (χ1v) is 9.34. The first kappa shape index (κ1) is 19.9. The summed E-state index contributed by atoms with van der Waals surface area (Å²) in [6, 6.07) is 17.0. The number of rotatable bonds is 4. The number of nitrogens with one attached hydrogen (secondary N) is 2. The van der Waals surface area contributed by atoms with Gasteiger partial charge in [-0.3, -0.25) is 9.59 Å². The van der Waals surface area contributed by atoms with Crippen molar-refractivity contribution in [1.82, 2.24) is 0 Å². The van der Waals surface area contributed by atoms with Crippen molar-refractivity contribution in [3.8, 4) is 0 Å². The van der Waals surface area contributed by atoms with Crippen LogP contribution in [0.3, 0.4) is 0 Å². The van der Waals surface area contributed by atoms with Gasteiger partial charge in [0, 0.05) is 32.5 Å². The maximum absolute atomic E-state index is 12.4. The van der Waals surface area contributed by atoms with E-state index in [1.807, 2.05) is 26.0 Å². The van der Waals surface area contributed by atoms with Crippen LogP contribution in [0.25, 0.3) is 0 Å². The molecule has 0 spiro atoms. The lowest BCUT2D eigenvalue weighted by Crippen LogP contribution is -2.14. The van der Waals surface area contributed by atoms with Crippen molar-refractivity contribution in [3.63, 3.8) is 0 Å². The van der Waals surface area contributed by atoms with Crippen LogP contribution in [0.15, 0.2) is 60.7 Å². The van der Waals surface area contributed by atoms with Crippen LogP contribution >= 0.6 is 23.2 Å². The molecule has 0 unspecified atom stereocenters. The van der Waals surface area contributed by atoms with E-state index in [1.165, 1.54) is 0 Å². The Balaban J connectivity index is 1.67. The molecule has 0 radical (unpaired) electrons. The molecule has 2 N–H and O–H groups in total. The van der Waals surface area contributed by atoms with Gasteiger partial charge in [0.05, 0.1) is 0 Å². The summed E-state index contributed by atoms with van der Waals surface area (Å²) in [7, 11) is 0. The van der Waals surface area contributed by atoms with Crippen molar-refractivity contribution in [2.45, 2.75) is 13.8 Å². The standard InChI is InChI=1S/C22H18Cl2N2O2/c1-13-3-9-17(11-19(13)23)25-21(27)15-5-7-16(8-6-15)22(28)26-18-10-4-14(2)20(24)12-18/h3-12H,1-2H3,(H,25,27)(H,26,28). The predicted molar refractivity (Wildman–Crippen MR) is 115 cm³/mol. The smallest absolute Gasteiger partial charge is 0.255 e. The molecule has 0 heterocycles. The van der Waals surface area contributed by atoms with Crippen molar-refractivity contribution >= 4 is 46.4 Å². The Kier molecular flexibility index (Phi) is 6.02. The van der Waals surface area contributed by atoms with Crippen LogP contribution in [-0.2, 0) is 0 Å². The van der Waals surface area contributed by atoms with Crippen molar-refractivity contribution in [2.75, 3.05) is 10.6 Å². The molecule has 3 rings (SSSR count). The van der Waals surface area contributed by atoms with Crippen LogP contribution < -0.4 is 10.6 Å². The van der Waals surface area contributed by atoms with Crippen molar-refractivity contribution in [3.05, 3.63) is 93.0 Å².